The van der Waals surface area contributed by atoms with Crippen LogP contribution < -0.4 is 4.74 Å². The molecule has 0 saturated heterocycles. The predicted octanol–water partition coefficient (Wildman–Crippen LogP) is 5.77. The Morgan fingerprint density at radius 2 is 1.85 bits per heavy atom. The van der Waals surface area contributed by atoms with Crippen LogP contribution in [0.3, 0.4) is 0 Å². The predicted molar refractivity (Wildman–Crippen MR) is 108 cm³/mol. The molecule has 2 aromatic heterocycles. The monoisotopic (exact) mass is 356 g/mol. The van der Waals surface area contributed by atoms with Gasteiger partial charge in [-0.2, -0.15) is 5.11 Å². The lowest BCUT2D eigenvalue weighted by molar-refractivity contribution is 0.340. The maximum atomic E-state index is 5.57. The maximum Gasteiger partial charge on any atom is 0.174 e. The number of aromatic nitrogens is 2. The van der Waals surface area contributed by atoms with E-state index >= 15 is 0 Å². The van der Waals surface area contributed by atoms with Gasteiger partial charge in [0.05, 0.1) is 24.2 Å². The second-order valence-electron chi connectivity index (χ2n) is 6.30. The van der Waals surface area contributed by atoms with E-state index in [-0.39, 0.29) is 0 Å². The normalized spacial score (nSPS) is 11.5. The number of fused-ring (bicyclic) bond motifs is 2. The summed E-state index contributed by atoms with van der Waals surface area (Å²) in [5.74, 6) is 1.42. The number of hydrogen-bond acceptors (Lipinski definition) is 5. The van der Waals surface area contributed by atoms with E-state index in [4.69, 9.17) is 4.74 Å². The summed E-state index contributed by atoms with van der Waals surface area (Å²) in [4.78, 5) is 9.00. The molecule has 5 nitrogen and oxygen atoms in total. The summed E-state index contributed by atoms with van der Waals surface area (Å²) in [7, 11) is 0. The quantitative estimate of drug-likeness (QED) is 0.426. The zero-order valence-corrected chi connectivity index (χ0v) is 15.4. The van der Waals surface area contributed by atoms with Gasteiger partial charge in [0, 0.05) is 23.0 Å². The van der Waals surface area contributed by atoms with Gasteiger partial charge >= 0.3 is 0 Å². The average Bonchev–Trinajstić information content (AvgIpc) is 2.68. The van der Waals surface area contributed by atoms with Gasteiger partial charge < -0.3 is 4.74 Å². The van der Waals surface area contributed by atoms with Crippen LogP contribution in [-0.2, 0) is 6.54 Å². The maximum absolute atomic E-state index is 5.57. The van der Waals surface area contributed by atoms with Crippen molar-refractivity contribution >= 4 is 27.6 Å². The first kappa shape index (κ1) is 17.1. The number of azo groups is 1. The highest BCUT2D eigenvalue weighted by atomic mass is 16.5. The molecule has 0 aliphatic heterocycles. The third-order valence-electron chi connectivity index (χ3n) is 4.44. The van der Waals surface area contributed by atoms with E-state index in [2.05, 4.69) is 33.2 Å². The van der Waals surface area contributed by atoms with Crippen molar-refractivity contribution in [2.45, 2.75) is 20.4 Å². The molecule has 0 atom stereocenters. The number of rotatable bonds is 5. The first-order valence-corrected chi connectivity index (χ1v) is 8.99. The molecule has 2 aromatic carbocycles. The van der Waals surface area contributed by atoms with Gasteiger partial charge in [-0.1, -0.05) is 18.2 Å². The van der Waals surface area contributed by atoms with Gasteiger partial charge in [0.2, 0.25) is 0 Å². The summed E-state index contributed by atoms with van der Waals surface area (Å²) in [5.41, 5.74) is 4.05. The van der Waals surface area contributed by atoms with E-state index in [9.17, 15) is 0 Å². The lowest BCUT2D eigenvalue weighted by Crippen LogP contribution is -1.92. The van der Waals surface area contributed by atoms with Crippen molar-refractivity contribution in [3.8, 4) is 5.75 Å². The summed E-state index contributed by atoms with van der Waals surface area (Å²) in [6.45, 7) is 5.14. The van der Waals surface area contributed by atoms with Gasteiger partial charge in [0.15, 0.2) is 5.82 Å². The molecular weight excluding hydrogens is 336 g/mol. The summed E-state index contributed by atoms with van der Waals surface area (Å²) in [5, 5.41) is 10.9. The number of pyridine rings is 2. The van der Waals surface area contributed by atoms with Crippen molar-refractivity contribution in [2.24, 2.45) is 10.2 Å². The number of ether oxygens (including phenoxy) is 1. The van der Waals surface area contributed by atoms with Crippen molar-refractivity contribution in [2.75, 3.05) is 6.61 Å². The van der Waals surface area contributed by atoms with Crippen LogP contribution in [-0.4, -0.2) is 16.6 Å². The molecule has 0 bridgehead atoms. The molecule has 0 radical (unpaired) electrons. The third-order valence-corrected chi connectivity index (χ3v) is 4.44. The Hall–Kier alpha value is -3.34. The van der Waals surface area contributed by atoms with E-state index < -0.39 is 0 Å². The average molecular weight is 356 g/mol. The highest BCUT2D eigenvalue weighted by Crippen LogP contribution is 2.26. The topological polar surface area (TPSA) is 59.7 Å². The van der Waals surface area contributed by atoms with Crippen LogP contribution in [0.25, 0.3) is 21.8 Å². The highest BCUT2D eigenvalue weighted by Gasteiger charge is 2.05. The number of aryl methyl sites for hydroxylation is 1. The Kier molecular flexibility index (Phi) is 4.75. The van der Waals surface area contributed by atoms with Gasteiger partial charge in [-0.3, -0.25) is 4.98 Å². The molecule has 0 saturated carbocycles. The van der Waals surface area contributed by atoms with Crippen LogP contribution in [0.15, 0.2) is 71.0 Å². The molecular formula is C22H20N4O. The van der Waals surface area contributed by atoms with Crippen LogP contribution in [0, 0.1) is 6.92 Å². The highest BCUT2D eigenvalue weighted by molar-refractivity contribution is 5.84. The van der Waals surface area contributed by atoms with Crippen LogP contribution in [0.4, 0.5) is 5.82 Å². The van der Waals surface area contributed by atoms with Gasteiger partial charge in [0.1, 0.15) is 5.75 Å². The Morgan fingerprint density at radius 1 is 0.963 bits per heavy atom. The fraction of sp³-hybridized carbons (Fsp3) is 0.182. The van der Waals surface area contributed by atoms with Crippen LogP contribution in [0.1, 0.15) is 18.1 Å². The van der Waals surface area contributed by atoms with Crippen molar-refractivity contribution in [1.29, 1.82) is 0 Å². The Balaban J connectivity index is 1.62. The number of nitrogens with zero attached hydrogens (tertiary/aromatic N) is 4. The largest absolute Gasteiger partial charge is 0.494 e. The molecule has 0 aliphatic rings. The minimum Gasteiger partial charge on any atom is -0.494 e. The molecule has 0 amide bonds. The standard InChI is InChI=1S/C22H20N4O/c1-3-27-17-8-9-18-15(2)12-22(25-21(18)13-17)26-24-14-16-10-11-23-20-7-5-4-6-19(16)20/h4-13H,3,14H2,1-2H3. The molecule has 134 valence electrons. The third kappa shape index (κ3) is 3.62. The van der Waals surface area contributed by atoms with Crippen molar-refractivity contribution in [3.05, 3.63) is 71.9 Å². The summed E-state index contributed by atoms with van der Waals surface area (Å²) in [6.07, 6.45) is 1.81. The van der Waals surface area contributed by atoms with E-state index in [1.807, 2.05) is 55.5 Å². The van der Waals surface area contributed by atoms with E-state index in [0.717, 1.165) is 38.7 Å². The van der Waals surface area contributed by atoms with Gasteiger partial charge in [0.25, 0.3) is 0 Å². The smallest absolute Gasteiger partial charge is 0.174 e. The zero-order valence-electron chi connectivity index (χ0n) is 15.4. The minimum atomic E-state index is 0.487. The molecule has 0 spiro atoms. The molecule has 0 N–H and O–H groups in total. The minimum absolute atomic E-state index is 0.487. The first-order valence-electron chi connectivity index (χ1n) is 8.99. The summed E-state index contributed by atoms with van der Waals surface area (Å²) in [6, 6.07) is 17.9. The fourth-order valence-electron chi connectivity index (χ4n) is 3.15. The molecule has 0 unspecified atom stereocenters. The first-order chi connectivity index (χ1) is 13.2. The molecule has 0 fully saturated rings. The molecule has 0 aliphatic carbocycles. The second kappa shape index (κ2) is 7.50. The van der Waals surface area contributed by atoms with Crippen LogP contribution in [0.2, 0.25) is 0 Å². The Bertz CT molecular complexity index is 1130. The number of benzene rings is 2. The fourth-order valence-corrected chi connectivity index (χ4v) is 3.15. The van der Waals surface area contributed by atoms with Gasteiger partial charge in [-0.25, -0.2) is 4.98 Å². The Labute approximate surface area is 157 Å². The molecule has 2 heterocycles. The van der Waals surface area contributed by atoms with E-state index in [1.54, 1.807) is 6.20 Å². The van der Waals surface area contributed by atoms with Crippen LogP contribution >= 0.6 is 0 Å². The molecule has 4 rings (SSSR count). The van der Waals surface area contributed by atoms with Crippen molar-refractivity contribution in [3.63, 3.8) is 0 Å². The molecule has 5 heteroatoms. The van der Waals surface area contributed by atoms with E-state index in [0.29, 0.717) is 19.0 Å². The molecule has 27 heavy (non-hydrogen) atoms. The lowest BCUT2D eigenvalue weighted by atomic mass is 10.1. The number of hydrogen-bond donors (Lipinski definition) is 0. The van der Waals surface area contributed by atoms with E-state index in [1.165, 1.54) is 0 Å². The lowest BCUT2D eigenvalue weighted by Gasteiger charge is -2.07. The van der Waals surface area contributed by atoms with Crippen LogP contribution in [0.5, 0.6) is 5.75 Å². The zero-order chi connectivity index (χ0) is 18.6. The van der Waals surface area contributed by atoms with Crippen molar-refractivity contribution < 1.29 is 4.74 Å². The summed E-state index contributed by atoms with van der Waals surface area (Å²) < 4.78 is 5.57. The van der Waals surface area contributed by atoms with Crippen molar-refractivity contribution in [1.82, 2.24) is 9.97 Å². The molecule has 4 aromatic rings. The van der Waals surface area contributed by atoms with Gasteiger partial charge in [-0.05, 0) is 55.3 Å². The Morgan fingerprint density at radius 3 is 2.74 bits per heavy atom. The SMILES string of the molecule is CCOc1ccc2c(C)cc(N=NCc3ccnc4ccccc34)nc2c1. The second-order valence-corrected chi connectivity index (χ2v) is 6.30. The summed E-state index contributed by atoms with van der Waals surface area (Å²) >= 11 is 0. The van der Waals surface area contributed by atoms with Gasteiger partial charge in [-0.15, -0.1) is 5.11 Å². The number of para-hydroxylation sites is 1.